The van der Waals surface area contributed by atoms with Gasteiger partial charge in [-0.1, -0.05) is 30.3 Å². The molecule has 2 aromatic carbocycles. The number of hydrogen-bond donors (Lipinski definition) is 1. The van der Waals surface area contributed by atoms with Crippen molar-refractivity contribution in [3.05, 3.63) is 71.9 Å². The minimum Gasteiger partial charge on any atom is -0.496 e. The summed E-state index contributed by atoms with van der Waals surface area (Å²) in [4.78, 5) is 7.02. The molecule has 1 aliphatic rings. The molecule has 0 amide bonds. The molecule has 3 aromatic rings. The number of anilines is 1. The highest BCUT2D eigenvalue weighted by atomic mass is 16.5. The third kappa shape index (κ3) is 5.00. The molecule has 0 unspecified atom stereocenters. The fourth-order valence-electron chi connectivity index (χ4n) is 4.05. The summed E-state index contributed by atoms with van der Waals surface area (Å²) in [5.74, 6) is 1.83. The van der Waals surface area contributed by atoms with E-state index < -0.39 is 0 Å². The van der Waals surface area contributed by atoms with Gasteiger partial charge in [-0.2, -0.15) is 0 Å². The van der Waals surface area contributed by atoms with Crippen LogP contribution in [0.4, 0.5) is 5.69 Å². The quantitative estimate of drug-likeness (QED) is 0.594. The van der Waals surface area contributed by atoms with Crippen molar-refractivity contribution in [2.24, 2.45) is 5.92 Å². The number of hydrogen-bond acceptors (Lipinski definition) is 5. The number of aromatic nitrogens is 1. The first-order valence-electron chi connectivity index (χ1n) is 10.9. The zero-order valence-electron chi connectivity index (χ0n) is 18.3. The second-order valence-corrected chi connectivity index (χ2v) is 8.08. The Morgan fingerprint density at radius 1 is 1.00 bits per heavy atom. The van der Waals surface area contributed by atoms with Gasteiger partial charge in [0, 0.05) is 48.3 Å². The lowest BCUT2D eigenvalue weighted by Gasteiger charge is -2.33. The molecule has 0 atom stereocenters. The third-order valence-electron chi connectivity index (χ3n) is 5.93. The molecule has 1 fully saturated rings. The van der Waals surface area contributed by atoms with Crippen molar-refractivity contribution in [2.45, 2.75) is 26.4 Å². The number of aliphatic hydroxyl groups excluding tert-OH is 1. The van der Waals surface area contributed by atoms with Crippen LogP contribution in [-0.2, 0) is 6.61 Å². The van der Waals surface area contributed by atoms with E-state index in [9.17, 15) is 5.11 Å². The predicted molar refractivity (Wildman–Crippen MR) is 124 cm³/mol. The molecule has 1 aromatic heterocycles. The Hall–Kier alpha value is -3.05. The average molecular weight is 419 g/mol. The summed E-state index contributed by atoms with van der Waals surface area (Å²) in [7, 11) is 1.70. The van der Waals surface area contributed by atoms with E-state index in [0.717, 1.165) is 59.8 Å². The normalized spacial score (nSPS) is 14.5. The van der Waals surface area contributed by atoms with Gasteiger partial charge in [-0.3, -0.25) is 0 Å². The van der Waals surface area contributed by atoms with Crippen molar-refractivity contribution >= 4 is 5.69 Å². The van der Waals surface area contributed by atoms with Crippen molar-refractivity contribution in [1.82, 2.24) is 4.98 Å². The zero-order chi connectivity index (χ0) is 21.6. The maximum atomic E-state index is 9.40. The lowest BCUT2D eigenvalue weighted by Crippen LogP contribution is -2.34. The summed E-state index contributed by atoms with van der Waals surface area (Å²) in [5.41, 5.74) is 5.04. The van der Waals surface area contributed by atoms with Gasteiger partial charge in [0.1, 0.15) is 12.4 Å². The summed E-state index contributed by atoms with van der Waals surface area (Å²) in [6, 6.07) is 20.5. The van der Waals surface area contributed by atoms with Crippen LogP contribution in [0.2, 0.25) is 0 Å². The number of rotatable bonds is 7. The first-order valence-corrected chi connectivity index (χ1v) is 10.9. The molecule has 162 valence electrons. The lowest BCUT2D eigenvalue weighted by atomic mass is 9.97. The van der Waals surface area contributed by atoms with Gasteiger partial charge in [0.25, 0.3) is 0 Å². The van der Waals surface area contributed by atoms with E-state index in [1.54, 1.807) is 7.11 Å². The monoisotopic (exact) mass is 418 g/mol. The topological polar surface area (TPSA) is 54.8 Å². The standard InChI is InChI=1S/C26H30N2O3/c1-19-8-10-24(26(27-19)31-18-21-6-4-3-5-7-21)23-11-9-22(16-25(23)30-2)28-14-12-20(17-29)13-15-28/h3-11,16,20,29H,12-15,17-18H2,1-2H3. The highest BCUT2D eigenvalue weighted by molar-refractivity contribution is 5.77. The molecular weight excluding hydrogens is 388 g/mol. The second-order valence-electron chi connectivity index (χ2n) is 8.08. The highest BCUT2D eigenvalue weighted by Crippen LogP contribution is 2.38. The molecule has 5 heteroatoms. The van der Waals surface area contributed by atoms with Gasteiger partial charge < -0.3 is 19.5 Å². The summed E-state index contributed by atoms with van der Waals surface area (Å²) in [6.45, 7) is 4.61. The molecule has 2 heterocycles. The molecule has 0 saturated carbocycles. The van der Waals surface area contributed by atoms with E-state index in [2.05, 4.69) is 28.1 Å². The molecule has 0 aliphatic carbocycles. The number of benzene rings is 2. The van der Waals surface area contributed by atoms with Crippen molar-refractivity contribution in [1.29, 1.82) is 0 Å². The van der Waals surface area contributed by atoms with Gasteiger partial charge in [-0.05, 0) is 55.5 Å². The number of aliphatic hydroxyl groups is 1. The molecule has 1 aliphatic heterocycles. The third-order valence-corrected chi connectivity index (χ3v) is 5.93. The number of nitrogens with zero attached hydrogens (tertiary/aromatic N) is 2. The average Bonchev–Trinajstić information content (AvgIpc) is 2.83. The van der Waals surface area contributed by atoms with Gasteiger partial charge >= 0.3 is 0 Å². The van der Waals surface area contributed by atoms with Crippen LogP contribution in [-0.4, -0.2) is 36.9 Å². The van der Waals surface area contributed by atoms with Gasteiger partial charge in [-0.25, -0.2) is 4.98 Å². The highest BCUT2D eigenvalue weighted by Gasteiger charge is 2.21. The first-order chi connectivity index (χ1) is 15.2. The van der Waals surface area contributed by atoms with Crippen LogP contribution in [0.25, 0.3) is 11.1 Å². The van der Waals surface area contributed by atoms with Crippen molar-refractivity contribution in [3.8, 4) is 22.8 Å². The molecule has 4 rings (SSSR count). The molecule has 31 heavy (non-hydrogen) atoms. The van der Waals surface area contributed by atoms with E-state index in [1.165, 1.54) is 0 Å². The van der Waals surface area contributed by atoms with Gasteiger partial charge in [0.05, 0.1) is 7.11 Å². The molecule has 1 N–H and O–H groups in total. The number of methoxy groups -OCH3 is 1. The van der Waals surface area contributed by atoms with E-state index in [1.807, 2.05) is 49.4 Å². The van der Waals surface area contributed by atoms with Gasteiger partial charge in [-0.15, -0.1) is 0 Å². The van der Waals surface area contributed by atoms with Crippen LogP contribution < -0.4 is 14.4 Å². The lowest BCUT2D eigenvalue weighted by molar-refractivity contribution is 0.203. The number of aryl methyl sites for hydroxylation is 1. The van der Waals surface area contributed by atoms with Crippen LogP contribution in [0.5, 0.6) is 11.6 Å². The van der Waals surface area contributed by atoms with E-state index in [4.69, 9.17) is 9.47 Å². The Labute approximate surface area is 184 Å². The van der Waals surface area contributed by atoms with Crippen molar-refractivity contribution < 1.29 is 14.6 Å². The molecule has 1 saturated heterocycles. The zero-order valence-corrected chi connectivity index (χ0v) is 18.3. The first kappa shape index (κ1) is 21.2. The molecular formula is C26H30N2O3. The summed E-state index contributed by atoms with van der Waals surface area (Å²) in [5, 5.41) is 9.40. The number of pyridine rings is 1. The van der Waals surface area contributed by atoms with E-state index in [-0.39, 0.29) is 6.61 Å². The minimum atomic E-state index is 0.280. The number of piperidine rings is 1. The number of ether oxygens (including phenoxy) is 2. The Kier molecular flexibility index (Phi) is 6.73. The molecule has 0 bridgehead atoms. The predicted octanol–water partition coefficient (Wildman–Crippen LogP) is 4.85. The molecule has 0 radical (unpaired) electrons. The largest absolute Gasteiger partial charge is 0.496 e. The Morgan fingerprint density at radius 2 is 1.74 bits per heavy atom. The summed E-state index contributed by atoms with van der Waals surface area (Å²) in [6.07, 6.45) is 2.03. The van der Waals surface area contributed by atoms with Gasteiger partial charge in [0.2, 0.25) is 5.88 Å². The van der Waals surface area contributed by atoms with E-state index in [0.29, 0.717) is 18.4 Å². The Bertz CT molecular complexity index is 999. The molecule has 0 spiro atoms. The molecule has 5 nitrogen and oxygen atoms in total. The SMILES string of the molecule is COc1cc(N2CCC(CO)CC2)ccc1-c1ccc(C)nc1OCc1ccccc1. The second kappa shape index (κ2) is 9.84. The van der Waals surface area contributed by atoms with Crippen LogP contribution in [0.1, 0.15) is 24.1 Å². The Balaban J connectivity index is 1.60. The van der Waals surface area contributed by atoms with Crippen LogP contribution in [0, 0.1) is 12.8 Å². The van der Waals surface area contributed by atoms with Crippen LogP contribution in [0.15, 0.2) is 60.7 Å². The van der Waals surface area contributed by atoms with Crippen LogP contribution >= 0.6 is 0 Å². The van der Waals surface area contributed by atoms with E-state index >= 15 is 0 Å². The fraction of sp³-hybridized carbons (Fsp3) is 0.346. The van der Waals surface area contributed by atoms with Crippen molar-refractivity contribution in [3.63, 3.8) is 0 Å². The maximum absolute atomic E-state index is 9.40. The van der Waals surface area contributed by atoms with Crippen molar-refractivity contribution in [2.75, 3.05) is 31.7 Å². The minimum absolute atomic E-state index is 0.280. The maximum Gasteiger partial charge on any atom is 0.222 e. The summed E-state index contributed by atoms with van der Waals surface area (Å²) >= 11 is 0. The fourth-order valence-corrected chi connectivity index (χ4v) is 4.05. The smallest absolute Gasteiger partial charge is 0.222 e. The summed E-state index contributed by atoms with van der Waals surface area (Å²) < 4.78 is 11.9. The Morgan fingerprint density at radius 3 is 2.45 bits per heavy atom. The van der Waals surface area contributed by atoms with Gasteiger partial charge in [0.15, 0.2) is 0 Å². The van der Waals surface area contributed by atoms with Crippen LogP contribution in [0.3, 0.4) is 0 Å².